The fourth-order valence-corrected chi connectivity index (χ4v) is 2.73. The van der Waals surface area contributed by atoms with Crippen molar-refractivity contribution in [1.29, 1.82) is 0 Å². The molecule has 0 radical (unpaired) electrons. The second kappa shape index (κ2) is 6.47. The first-order chi connectivity index (χ1) is 10.3. The number of nitrogens with one attached hydrogen (secondary N) is 1. The fourth-order valence-electron chi connectivity index (χ4n) is 1.79. The minimum atomic E-state index is -3.87. The molecule has 0 unspecified atom stereocenters. The Labute approximate surface area is 136 Å². The predicted octanol–water partition coefficient (Wildman–Crippen LogP) is 2.36. The molecule has 0 saturated heterocycles. The Morgan fingerprint density at radius 3 is 2.55 bits per heavy atom. The Bertz CT molecular complexity index is 821. The standard InChI is InChI=1S/C14H13BrN2O4S/c1-21-13-6-5-11(22(16,19)20)8-12(13)17-14(18)9-3-2-4-10(15)7-9/h2-8H,1H3,(H,17,18)(H2,16,19,20). The van der Waals surface area contributed by atoms with Gasteiger partial charge in [0.05, 0.1) is 17.7 Å². The van der Waals surface area contributed by atoms with Crippen LogP contribution in [0.25, 0.3) is 0 Å². The zero-order valence-electron chi connectivity index (χ0n) is 11.5. The number of hydrogen-bond donors (Lipinski definition) is 2. The second-order valence-electron chi connectivity index (χ2n) is 4.37. The summed E-state index contributed by atoms with van der Waals surface area (Å²) in [4.78, 5) is 12.1. The normalized spacial score (nSPS) is 11.0. The number of hydrogen-bond acceptors (Lipinski definition) is 4. The Balaban J connectivity index is 2.37. The Morgan fingerprint density at radius 2 is 1.95 bits per heavy atom. The van der Waals surface area contributed by atoms with Crippen LogP contribution in [0.5, 0.6) is 5.75 Å². The maximum absolute atomic E-state index is 12.2. The van der Waals surface area contributed by atoms with Gasteiger partial charge in [-0.1, -0.05) is 22.0 Å². The van der Waals surface area contributed by atoms with Crippen LogP contribution >= 0.6 is 15.9 Å². The molecule has 2 aromatic rings. The lowest BCUT2D eigenvalue weighted by molar-refractivity contribution is 0.102. The number of amides is 1. The first kappa shape index (κ1) is 16.5. The summed E-state index contributed by atoms with van der Waals surface area (Å²) in [6.07, 6.45) is 0. The number of carbonyl (C=O) groups is 1. The van der Waals surface area contributed by atoms with Crippen LogP contribution in [-0.4, -0.2) is 21.4 Å². The van der Waals surface area contributed by atoms with Crippen LogP contribution in [0.2, 0.25) is 0 Å². The van der Waals surface area contributed by atoms with Gasteiger partial charge in [0.2, 0.25) is 10.0 Å². The van der Waals surface area contributed by atoms with E-state index in [1.165, 1.54) is 25.3 Å². The molecule has 0 aromatic heterocycles. The van der Waals surface area contributed by atoms with Gasteiger partial charge in [-0.05, 0) is 36.4 Å². The minimum Gasteiger partial charge on any atom is -0.495 e. The highest BCUT2D eigenvalue weighted by Gasteiger charge is 2.15. The molecule has 0 spiro atoms. The number of benzene rings is 2. The lowest BCUT2D eigenvalue weighted by Gasteiger charge is -2.11. The van der Waals surface area contributed by atoms with Crippen molar-refractivity contribution in [2.24, 2.45) is 5.14 Å². The van der Waals surface area contributed by atoms with E-state index in [1.807, 2.05) is 0 Å². The molecule has 0 aliphatic rings. The fraction of sp³-hybridized carbons (Fsp3) is 0.0714. The molecule has 0 fully saturated rings. The molecule has 0 bridgehead atoms. The molecule has 0 aliphatic carbocycles. The summed E-state index contributed by atoms with van der Waals surface area (Å²) >= 11 is 3.28. The van der Waals surface area contributed by atoms with Gasteiger partial charge in [0.1, 0.15) is 5.75 Å². The predicted molar refractivity (Wildman–Crippen MR) is 86.5 cm³/mol. The van der Waals surface area contributed by atoms with E-state index >= 15 is 0 Å². The van der Waals surface area contributed by atoms with Crippen molar-refractivity contribution in [3.8, 4) is 5.75 Å². The van der Waals surface area contributed by atoms with Gasteiger partial charge in [0.15, 0.2) is 0 Å². The number of anilines is 1. The summed E-state index contributed by atoms with van der Waals surface area (Å²) < 4.78 is 28.7. The molecule has 116 valence electrons. The molecule has 22 heavy (non-hydrogen) atoms. The van der Waals surface area contributed by atoms with Crippen molar-refractivity contribution in [3.63, 3.8) is 0 Å². The van der Waals surface area contributed by atoms with Crippen molar-refractivity contribution in [1.82, 2.24) is 0 Å². The lowest BCUT2D eigenvalue weighted by atomic mass is 10.2. The number of primary sulfonamides is 1. The van der Waals surface area contributed by atoms with Crippen LogP contribution < -0.4 is 15.2 Å². The van der Waals surface area contributed by atoms with Crippen LogP contribution in [0.15, 0.2) is 51.8 Å². The maximum atomic E-state index is 12.2. The van der Waals surface area contributed by atoms with Gasteiger partial charge in [-0.2, -0.15) is 0 Å². The van der Waals surface area contributed by atoms with Gasteiger partial charge < -0.3 is 10.1 Å². The summed E-state index contributed by atoms with van der Waals surface area (Å²) in [5.41, 5.74) is 0.636. The first-order valence-electron chi connectivity index (χ1n) is 6.09. The van der Waals surface area contributed by atoms with Crippen LogP contribution in [-0.2, 0) is 10.0 Å². The third kappa shape index (κ3) is 3.85. The highest BCUT2D eigenvalue weighted by Crippen LogP contribution is 2.27. The van der Waals surface area contributed by atoms with Crippen molar-refractivity contribution in [2.75, 3.05) is 12.4 Å². The molecule has 8 heteroatoms. The van der Waals surface area contributed by atoms with E-state index in [0.29, 0.717) is 11.3 Å². The Kier molecular flexibility index (Phi) is 4.84. The number of nitrogens with two attached hydrogens (primary N) is 1. The van der Waals surface area contributed by atoms with Crippen LogP contribution in [0, 0.1) is 0 Å². The molecular formula is C14H13BrN2O4S. The molecule has 1 amide bonds. The van der Waals surface area contributed by atoms with Crippen LogP contribution in [0.4, 0.5) is 5.69 Å². The molecule has 2 rings (SSSR count). The maximum Gasteiger partial charge on any atom is 0.255 e. The summed E-state index contributed by atoms with van der Waals surface area (Å²) in [7, 11) is -2.45. The van der Waals surface area contributed by atoms with Crippen molar-refractivity contribution < 1.29 is 17.9 Å². The summed E-state index contributed by atoms with van der Waals surface area (Å²) in [5.74, 6) is -0.0677. The second-order valence-corrected chi connectivity index (χ2v) is 6.85. The van der Waals surface area contributed by atoms with Gasteiger partial charge in [-0.3, -0.25) is 4.79 Å². The highest BCUT2D eigenvalue weighted by atomic mass is 79.9. The molecular weight excluding hydrogens is 372 g/mol. The van der Waals surface area contributed by atoms with Crippen molar-refractivity contribution >= 4 is 37.5 Å². The average Bonchev–Trinajstić information content (AvgIpc) is 2.46. The largest absolute Gasteiger partial charge is 0.495 e. The molecule has 0 saturated carbocycles. The summed E-state index contributed by atoms with van der Waals surface area (Å²) in [6.45, 7) is 0. The van der Waals surface area contributed by atoms with Gasteiger partial charge >= 0.3 is 0 Å². The third-order valence-electron chi connectivity index (χ3n) is 2.83. The molecule has 3 N–H and O–H groups in total. The number of ether oxygens (including phenoxy) is 1. The van der Waals surface area contributed by atoms with E-state index in [-0.39, 0.29) is 10.6 Å². The summed E-state index contributed by atoms with van der Waals surface area (Å²) in [6, 6.07) is 10.8. The van der Waals surface area contributed by atoms with E-state index in [2.05, 4.69) is 21.2 Å². The van der Waals surface area contributed by atoms with Crippen LogP contribution in [0.1, 0.15) is 10.4 Å². The van der Waals surface area contributed by atoms with Gasteiger partial charge in [0.25, 0.3) is 5.91 Å². The van der Waals surface area contributed by atoms with Crippen molar-refractivity contribution in [2.45, 2.75) is 4.90 Å². The SMILES string of the molecule is COc1ccc(S(N)(=O)=O)cc1NC(=O)c1cccc(Br)c1. The highest BCUT2D eigenvalue weighted by molar-refractivity contribution is 9.10. The number of halogens is 1. The first-order valence-corrected chi connectivity index (χ1v) is 8.43. The minimum absolute atomic E-state index is 0.113. The molecule has 0 aliphatic heterocycles. The van der Waals surface area contributed by atoms with Crippen molar-refractivity contribution in [3.05, 3.63) is 52.5 Å². The number of carbonyl (C=O) groups excluding carboxylic acids is 1. The van der Waals surface area contributed by atoms with E-state index in [1.54, 1.807) is 24.3 Å². The molecule has 6 nitrogen and oxygen atoms in total. The van der Waals surface area contributed by atoms with Gasteiger partial charge in [-0.15, -0.1) is 0 Å². The number of methoxy groups -OCH3 is 1. The van der Waals surface area contributed by atoms with Crippen LogP contribution in [0.3, 0.4) is 0 Å². The number of rotatable bonds is 4. The monoisotopic (exact) mass is 384 g/mol. The van der Waals surface area contributed by atoms with E-state index in [0.717, 1.165) is 4.47 Å². The van der Waals surface area contributed by atoms with E-state index in [9.17, 15) is 13.2 Å². The summed E-state index contributed by atoms with van der Waals surface area (Å²) in [5, 5.41) is 7.70. The zero-order chi connectivity index (χ0) is 16.3. The Morgan fingerprint density at radius 1 is 1.23 bits per heavy atom. The molecule has 0 heterocycles. The topological polar surface area (TPSA) is 98.5 Å². The van der Waals surface area contributed by atoms with Gasteiger partial charge in [0, 0.05) is 10.0 Å². The Hall–Kier alpha value is -1.90. The lowest BCUT2D eigenvalue weighted by Crippen LogP contribution is -2.15. The van der Waals surface area contributed by atoms with Gasteiger partial charge in [-0.25, -0.2) is 13.6 Å². The zero-order valence-corrected chi connectivity index (χ0v) is 13.9. The molecule has 0 atom stereocenters. The van der Waals surface area contributed by atoms with E-state index in [4.69, 9.17) is 9.88 Å². The quantitative estimate of drug-likeness (QED) is 0.844. The average molecular weight is 385 g/mol. The number of sulfonamides is 1. The smallest absolute Gasteiger partial charge is 0.255 e. The van der Waals surface area contributed by atoms with E-state index < -0.39 is 15.9 Å². The molecule has 2 aromatic carbocycles. The third-order valence-corrected chi connectivity index (χ3v) is 4.24.